The lowest BCUT2D eigenvalue weighted by atomic mass is 10.0. The number of nitrogens with one attached hydrogen (secondary N) is 2. The minimum atomic E-state index is -4.52. The fourth-order valence-corrected chi connectivity index (χ4v) is 2.51. The third-order valence-corrected chi connectivity index (χ3v) is 3.73. The molecule has 3 heterocycles. The summed E-state index contributed by atoms with van der Waals surface area (Å²) in [5.41, 5.74) is 0.0960. The summed E-state index contributed by atoms with van der Waals surface area (Å²) in [6, 6.07) is 3.81. The van der Waals surface area contributed by atoms with Crippen LogP contribution in [0, 0.1) is 10.8 Å². The van der Waals surface area contributed by atoms with E-state index in [1.165, 1.54) is 22.7 Å². The number of pyridine rings is 2. The van der Waals surface area contributed by atoms with Gasteiger partial charge in [0.25, 0.3) is 0 Å². The smallest absolute Gasteiger partial charge is 0.417 e. The van der Waals surface area contributed by atoms with E-state index in [1.807, 2.05) is 0 Å². The van der Waals surface area contributed by atoms with E-state index in [4.69, 9.17) is 10.8 Å². The number of nitrogens with zero attached hydrogens (tertiary/aromatic N) is 3. The fourth-order valence-electron chi connectivity index (χ4n) is 2.51. The first-order valence-corrected chi connectivity index (χ1v) is 7.37. The predicted molar refractivity (Wildman–Crippen MR) is 86.3 cm³/mol. The molecular formula is C16H14F3N5O. The summed E-state index contributed by atoms with van der Waals surface area (Å²) >= 11 is 0. The van der Waals surface area contributed by atoms with Gasteiger partial charge in [0.15, 0.2) is 6.40 Å². The van der Waals surface area contributed by atoms with E-state index < -0.39 is 11.7 Å². The van der Waals surface area contributed by atoms with Crippen LogP contribution in [0.5, 0.6) is 0 Å². The molecule has 0 fully saturated rings. The minimum absolute atomic E-state index is 0.0483. The van der Waals surface area contributed by atoms with Gasteiger partial charge in [0.2, 0.25) is 5.90 Å². The van der Waals surface area contributed by atoms with Crippen LogP contribution in [0.2, 0.25) is 0 Å². The molecule has 6 nitrogen and oxygen atoms in total. The molecule has 9 heteroatoms. The predicted octanol–water partition coefficient (Wildman–Crippen LogP) is 3.97. The van der Waals surface area contributed by atoms with Crippen molar-refractivity contribution in [2.45, 2.75) is 25.9 Å². The van der Waals surface area contributed by atoms with Crippen molar-refractivity contribution in [2.75, 3.05) is 0 Å². The molecule has 0 saturated carbocycles. The van der Waals surface area contributed by atoms with E-state index in [0.717, 1.165) is 6.07 Å². The Morgan fingerprint density at radius 2 is 2.00 bits per heavy atom. The number of halogens is 3. The maximum Gasteiger partial charge on any atom is 0.417 e. The Morgan fingerprint density at radius 1 is 1.28 bits per heavy atom. The molecule has 3 aromatic heterocycles. The minimum Gasteiger partial charge on any atom is -0.426 e. The molecule has 0 aliphatic heterocycles. The second kappa shape index (κ2) is 5.83. The van der Waals surface area contributed by atoms with E-state index in [-0.39, 0.29) is 28.5 Å². The molecule has 0 aliphatic rings. The van der Waals surface area contributed by atoms with Gasteiger partial charge in [0.05, 0.1) is 5.56 Å². The van der Waals surface area contributed by atoms with Gasteiger partial charge in [0.1, 0.15) is 17.0 Å². The molecule has 0 aromatic carbocycles. The van der Waals surface area contributed by atoms with Gasteiger partial charge >= 0.3 is 6.18 Å². The first kappa shape index (κ1) is 16.9. The summed E-state index contributed by atoms with van der Waals surface area (Å²) in [5, 5.41) is 14.5. The van der Waals surface area contributed by atoms with Crippen molar-refractivity contribution < 1.29 is 17.9 Å². The summed E-state index contributed by atoms with van der Waals surface area (Å²) in [6.45, 7) is 3.53. The van der Waals surface area contributed by atoms with Crippen molar-refractivity contribution in [3.8, 4) is 0 Å². The average Bonchev–Trinajstić information content (AvgIpc) is 2.97. The van der Waals surface area contributed by atoms with Gasteiger partial charge in [-0.2, -0.15) is 13.2 Å². The highest BCUT2D eigenvalue weighted by molar-refractivity contribution is 5.94. The molecule has 0 radical (unpaired) electrons. The zero-order valence-corrected chi connectivity index (χ0v) is 13.3. The zero-order valence-electron chi connectivity index (χ0n) is 13.3. The maximum atomic E-state index is 13.5. The van der Waals surface area contributed by atoms with Gasteiger partial charge in [-0.1, -0.05) is 13.8 Å². The van der Waals surface area contributed by atoms with Gasteiger partial charge in [-0.25, -0.2) is 9.97 Å². The topological polar surface area (TPSA) is 87.1 Å². The highest BCUT2D eigenvalue weighted by Crippen LogP contribution is 2.36. The first-order chi connectivity index (χ1) is 11.7. The van der Waals surface area contributed by atoms with Crippen LogP contribution in [-0.2, 0) is 10.9 Å². The number of rotatable bonds is 3. The van der Waals surface area contributed by atoms with Crippen LogP contribution in [-0.4, -0.2) is 26.7 Å². The molecular weight excluding hydrogens is 335 g/mol. The average molecular weight is 349 g/mol. The molecule has 0 spiro atoms. The Kier molecular flexibility index (Phi) is 3.94. The quantitative estimate of drug-likeness (QED) is 0.554. The number of imidazole rings is 1. The number of ether oxygens (including phenoxy) is 1. The van der Waals surface area contributed by atoms with Crippen molar-refractivity contribution in [2.24, 2.45) is 0 Å². The van der Waals surface area contributed by atoms with Crippen LogP contribution in [0.1, 0.15) is 36.7 Å². The standard InChI is InChI=1S/C16H14F3N5O/c1-8(2)11-5-10(16(17,18)19)9-3-4-13-22-12(14(21)25-7-20)6-24(13)15(9)23-11/h3-8,20-21H,1-2H3. The van der Waals surface area contributed by atoms with E-state index in [0.29, 0.717) is 17.7 Å². The summed E-state index contributed by atoms with van der Waals surface area (Å²) in [4.78, 5) is 8.50. The highest BCUT2D eigenvalue weighted by atomic mass is 19.4. The lowest BCUT2D eigenvalue weighted by Crippen LogP contribution is -2.10. The number of aromatic nitrogens is 3. The summed E-state index contributed by atoms with van der Waals surface area (Å²) < 4.78 is 46.4. The van der Waals surface area contributed by atoms with Crippen molar-refractivity contribution >= 4 is 29.0 Å². The number of alkyl halides is 3. The van der Waals surface area contributed by atoms with Crippen molar-refractivity contribution in [1.29, 1.82) is 10.8 Å². The second-order valence-corrected chi connectivity index (χ2v) is 5.74. The lowest BCUT2D eigenvalue weighted by Gasteiger charge is -2.14. The Balaban J connectivity index is 2.35. The van der Waals surface area contributed by atoms with Gasteiger partial charge in [-0.3, -0.25) is 15.2 Å². The van der Waals surface area contributed by atoms with Gasteiger partial charge in [-0.15, -0.1) is 0 Å². The normalized spacial score (nSPS) is 12.1. The molecule has 130 valence electrons. The van der Waals surface area contributed by atoms with Crippen LogP contribution >= 0.6 is 0 Å². The molecule has 0 amide bonds. The molecule has 0 aliphatic carbocycles. The van der Waals surface area contributed by atoms with E-state index in [2.05, 4.69) is 14.7 Å². The van der Waals surface area contributed by atoms with E-state index in [9.17, 15) is 13.2 Å². The van der Waals surface area contributed by atoms with Crippen LogP contribution in [0.4, 0.5) is 13.2 Å². The molecule has 25 heavy (non-hydrogen) atoms. The molecule has 2 N–H and O–H groups in total. The second-order valence-electron chi connectivity index (χ2n) is 5.74. The maximum absolute atomic E-state index is 13.5. The lowest BCUT2D eigenvalue weighted by molar-refractivity contribution is -0.136. The molecule has 0 atom stereocenters. The molecule has 0 unspecified atom stereocenters. The van der Waals surface area contributed by atoms with Gasteiger partial charge in [-0.05, 0) is 24.1 Å². The van der Waals surface area contributed by atoms with Gasteiger partial charge < -0.3 is 4.74 Å². The van der Waals surface area contributed by atoms with Crippen LogP contribution in [0.25, 0.3) is 16.7 Å². The Hall–Kier alpha value is -2.97. The van der Waals surface area contributed by atoms with E-state index >= 15 is 0 Å². The number of hydrogen-bond acceptors (Lipinski definition) is 5. The van der Waals surface area contributed by atoms with Crippen molar-refractivity contribution in [3.05, 3.63) is 41.3 Å². The molecule has 0 bridgehead atoms. The number of hydrogen-bond donors (Lipinski definition) is 2. The summed E-state index contributed by atoms with van der Waals surface area (Å²) in [5.74, 6) is -0.564. The summed E-state index contributed by atoms with van der Waals surface area (Å²) in [7, 11) is 0. The van der Waals surface area contributed by atoms with Crippen LogP contribution in [0.15, 0.2) is 24.4 Å². The first-order valence-electron chi connectivity index (χ1n) is 7.37. The third kappa shape index (κ3) is 2.92. The van der Waals surface area contributed by atoms with Crippen molar-refractivity contribution in [3.63, 3.8) is 0 Å². The molecule has 3 aromatic rings. The Labute approximate surface area is 140 Å². The Bertz CT molecular complexity index is 991. The largest absolute Gasteiger partial charge is 0.426 e. The molecule has 3 rings (SSSR count). The monoisotopic (exact) mass is 349 g/mol. The number of fused-ring (bicyclic) bond motifs is 3. The van der Waals surface area contributed by atoms with Crippen molar-refractivity contribution in [1.82, 2.24) is 14.4 Å². The van der Waals surface area contributed by atoms with E-state index in [1.54, 1.807) is 13.8 Å². The fraction of sp³-hybridized carbons (Fsp3) is 0.250. The SMILES string of the molecule is CC(C)c1cc(C(F)(F)F)c2ccc3nc(C(=N)OC=N)cn3c2n1. The zero-order chi connectivity index (χ0) is 18.4. The Morgan fingerprint density at radius 3 is 2.60 bits per heavy atom. The summed E-state index contributed by atoms with van der Waals surface area (Å²) in [6.07, 6.45) is -2.56. The third-order valence-electron chi connectivity index (χ3n) is 3.73. The van der Waals surface area contributed by atoms with Gasteiger partial charge in [0, 0.05) is 17.3 Å². The molecule has 0 saturated heterocycles. The van der Waals surface area contributed by atoms with Crippen LogP contribution in [0.3, 0.4) is 0 Å². The highest BCUT2D eigenvalue weighted by Gasteiger charge is 2.34. The van der Waals surface area contributed by atoms with Crippen LogP contribution < -0.4 is 0 Å².